The second-order valence-electron chi connectivity index (χ2n) is 22.2. The van der Waals surface area contributed by atoms with Crippen LogP contribution in [-0.4, -0.2) is 89.4 Å². The third-order valence-electron chi connectivity index (χ3n) is 15.0. The SMILES string of the molecule is CCCCCCCCCCCCCCCC(=O)OCC(COC(=O)CCCCCCCCCCCCCCC)OC(=O)CCCCCC(C)CC(=O)O[C@@H](C)[N+]1(C)CCC=C(c2nsnc2OCCCCCC)C1. The molecule has 0 saturated heterocycles. The molecule has 1 aromatic rings. The highest BCUT2D eigenvalue weighted by Gasteiger charge is 2.37. The van der Waals surface area contributed by atoms with Crippen molar-refractivity contribution in [3.05, 3.63) is 11.8 Å². The van der Waals surface area contributed by atoms with Crippen molar-refractivity contribution in [1.29, 1.82) is 0 Å². The summed E-state index contributed by atoms with van der Waals surface area (Å²) in [6.45, 7) is 12.7. The molecule has 2 heterocycles. The van der Waals surface area contributed by atoms with Crippen LogP contribution in [0.3, 0.4) is 0 Å². The van der Waals surface area contributed by atoms with E-state index >= 15 is 0 Å². The van der Waals surface area contributed by atoms with E-state index in [4.69, 9.17) is 23.7 Å². The maximum absolute atomic E-state index is 13.2. The predicted molar refractivity (Wildman–Crippen MR) is 303 cm³/mol. The Hall–Kier alpha value is -3.06. The van der Waals surface area contributed by atoms with Crippen LogP contribution >= 0.6 is 11.7 Å². The van der Waals surface area contributed by atoms with Crippen LogP contribution in [-0.2, 0) is 38.1 Å². The lowest BCUT2D eigenvalue weighted by Gasteiger charge is -2.41. The molecule has 0 aliphatic carbocycles. The van der Waals surface area contributed by atoms with E-state index < -0.39 is 12.1 Å². The van der Waals surface area contributed by atoms with Crippen molar-refractivity contribution in [2.45, 2.75) is 297 Å². The van der Waals surface area contributed by atoms with Gasteiger partial charge >= 0.3 is 23.9 Å². The summed E-state index contributed by atoms with van der Waals surface area (Å²) in [7, 11) is 2.13. The van der Waals surface area contributed by atoms with Crippen molar-refractivity contribution in [3.63, 3.8) is 0 Å². The van der Waals surface area contributed by atoms with E-state index in [1.54, 1.807) is 0 Å². The Kier molecular flexibility index (Phi) is 40.8. The van der Waals surface area contributed by atoms with Crippen molar-refractivity contribution in [1.82, 2.24) is 8.75 Å². The van der Waals surface area contributed by atoms with Gasteiger partial charge in [-0.05, 0) is 31.6 Å². The number of hydrogen-bond donors (Lipinski definition) is 0. The average molecular weight is 1060 g/mol. The van der Waals surface area contributed by atoms with Gasteiger partial charge in [0, 0.05) is 44.6 Å². The molecule has 12 nitrogen and oxygen atoms in total. The molecule has 0 N–H and O–H groups in total. The molecule has 0 amide bonds. The van der Waals surface area contributed by atoms with Crippen LogP contribution in [0.2, 0.25) is 0 Å². The molecule has 1 aliphatic rings. The molecule has 3 atom stereocenters. The number of likely N-dealkylation sites (N-methyl/N-ethyl adjacent to an activating group) is 1. The molecule has 1 aliphatic heterocycles. The van der Waals surface area contributed by atoms with Gasteiger partial charge in [0.1, 0.15) is 25.5 Å². The molecule has 0 saturated carbocycles. The Balaban J connectivity index is 1.71. The fraction of sp³-hybridized carbons (Fsp3) is 0.869. The van der Waals surface area contributed by atoms with E-state index in [1.165, 1.54) is 153 Å². The molecule has 0 radical (unpaired) electrons. The topological polar surface area (TPSA) is 140 Å². The smallest absolute Gasteiger partial charge is 0.310 e. The lowest BCUT2D eigenvalue weighted by molar-refractivity contribution is -0.944. The standard InChI is InChI=1S/C61H110N3O9S/c1-7-10-13-16-18-20-22-24-26-28-30-32-36-43-56(65)70-50-55(51-71-57(66)44-37-33-31-29-27-25-23-21-19-17-14-11-8-2)73-58(67)45-38-34-35-41-52(4)48-59(68)72-53(5)64(6)46-40-42-54(49-64)60-61(63-74-62-60)69-47-39-15-12-9-3/h42,52-53,55H,7-41,43-51H2,1-6H3/q+1/t52?,53-,64?/m0/s1. The molecule has 428 valence electrons. The van der Waals surface area contributed by atoms with Crippen molar-refractivity contribution >= 4 is 41.2 Å². The molecule has 0 aromatic carbocycles. The van der Waals surface area contributed by atoms with Gasteiger partial charge in [0.25, 0.3) is 5.88 Å². The Bertz CT molecular complexity index is 1560. The van der Waals surface area contributed by atoms with Crippen molar-refractivity contribution in [2.24, 2.45) is 5.92 Å². The summed E-state index contributed by atoms with van der Waals surface area (Å²) in [5.74, 6) is -0.486. The normalized spacial score (nSPS) is 15.4. The van der Waals surface area contributed by atoms with Gasteiger partial charge in [0.15, 0.2) is 6.10 Å². The van der Waals surface area contributed by atoms with Gasteiger partial charge in [0.2, 0.25) is 6.23 Å². The Morgan fingerprint density at radius 2 is 0.973 bits per heavy atom. The molecular formula is C61H110N3O9S+. The maximum atomic E-state index is 13.2. The number of ether oxygens (including phenoxy) is 5. The molecule has 1 aromatic heterocycles. The number of unbranched alkanes of at least 4 members (excludes halogenated alkanes) is 29. The first-order chi connectivity index (χ1) is 36.0. The first-order valence-electron chi connectivity index (χ1n) is 30.7. The van der Waals surface area contributed by atoms with E-state index in [1.807, 2.05) is 6.92 Å². The average Bonchev–Trinajstić information content (AvgIpc) is 3.86. The summed E-state index contributed by atoms with van der Waals surface area (Å²) in [6.07, 6.45) is 42.8. The van der Waals surface area contributed by atoms with Crippen LogP contribution in [0.4, 0.5) is 0 Å². The van der Waals surface area contributed by atoms with E-state index in [9.17, 15) is 19.2 Å². The highest BCUT2D eigenvalue weighted by molar-refractivity contribution is 6.99. The van der Waals surface area contributed by atoms with E-state index in [-0.39, 0.29) is 49.7 Å². The largest absolute Gasteiger partial charge is 0.475 e. The summed E-state index contributed by atoms with van der Waals surface area (Å²) in [5, 5.41) is 0. The quantitative estimate of drug-likeness (QED) is 0.0266. The van der Waals surface area contributed by atoms with Crippen molar-refractivity contribution in [2.75, 3.05) is 40.0 Å². The van der Waals surface area contributed by atoms with E-state index in [0.717, 1.165) is 94.9 Å². The van der Waals surface area contributed by atoms with Crippen LogP contribution < -0.4 is 4.74 Å². The van der Waals surface area contributed by atoms with Crippen LogP contribution in [0.5, 0.6) is 5.88 Å². The van der Waals surface area contributed by atoms with Crippen LogP contribution in [0.15, 0.2) is 6.08 Å². The van der Waals surface area contributed by atoms with Gasteiger partial charge < -0.3 is 23.7 Å². The molecule has 13 heteroatoms. The van der Waals surface area contributed by atoms with E-state index in [0.29, 0.717) is 49.2 Å². The van der Waals surface area contributed by atoms with Gasteiger partial charge in [-0.2, -0.15) is 4.37 Å². The lowest BCUT2D eigenvalue weighted by atomic mass is 9.99. The van der Waals surface area contributed by atoms with Crippen LogP contribution in [0, 0.1) is 5.92 Å². The highest BCUT2D eigenvalue weighted by Crippen LogP contribution is 2.32. The third kappa shape index (κ3) is 34.6. The Morgan fingerprint density at radius 1 is 0.541 bits per heavy atom. The molecule has 0 fully saturated rings. The number of hydrogen-bond acceptors (Lipinski definition) is 12. The van der Waals surface area contributed by atoms with Gasteiger partial charge in [0.05, 0.1) is 31.9 Å². The Labute approximate surface area is 456 Å². The molecule has 74 heavy (non-hydrogen) atoms. The maximum Gasteiger partial charge on any atom is 0.310 e. The van der Waals surface area contributed by atoms with Crippen molar-refractivity contribution < 1.29 is 47.3 Å². The minimum absolute atomic E-state index is 0.129. The number of quaternary nitrogens is 1. The highest BCUT2D eigenvalue weighted by atomic mass is 32.1. The van der Waals surface area contributed by atoms with Crippen molar-refractivity contribution in [3.8, 4) is 5.88 Å². The minimum atomic E-state index is -0.847. The third-order valence-corrected chi connectivity index (χ3v) is 15.5. The monoisotopic (exact) mass is 1060 g/mol. The summed E-state index contributed by atoms with van der Waals surface area (Å²) < 4.78 is 38.6. The zero-order valence-electron chi connectivity index (χ0n) is 48.3. The molecule has 2 unspecified atom stereocenters. The summed E-state index contributed by atoms with van der Waals surface area (Å²) in [4.78, 5) is 51.7. The summed E-state index contributed by atoms with van der Waals surface area (Å²) in [5.41, 5.74) is 1.89. The van der Waals surface area contributed by atoms with Crippen LogP contribution in [0.25, 0.3) is 5.57 Å². The van der Waals surface area contributed by atoms with E-state index in [2.05, 4.69) is 49.6 Å². The number of esters is 4. The number of rotatable bonds is 50. The van der Waals surface area contributed by atoms with Gasteiger partial charge in [-0.15, -0.1) is 4.37 Å². The predicted octanol–water partition coefficient (Wildman–Crippen LogP) is 16.6. The molecule has 2 rings (SSSR count). The fourth-order valence-corrected chi connectivity index (χ4v) is 10.4. The van der Waals surface area contributed by atoms with Gasteiger partial charge in [-0.25, -0.2) is 0 Å². The number of aromatic nitrogens is 2. The zero-order valence-corrected chi connectivity index (χ0v) is 49.2. The number of nitrogens with zero attached hydrogens (tertiary/aromatic N) is 3. The second kappa shape index (κ2) is 45.0. The lowest BCUT2D eigenvalue weighted by Crippen LogP contribution is -2.55. The first-order valence-corrected chi connectivity index (χ1v) is 31.4. The fourth-order valence-electron chi connectivity index (χ4n) is 9.86. The van der Waals surface area contributed by atoms with Crippen LogP contribution in [0.1, 0.15) is 291 Å². The number of carbonyl (C=O) groups excluding carboxylic acids is 4. The molecule has 0 bridgehead atoms. The minimum Gasteiger partial charge on any atom is -0.475 e. The zero-order chi connectivity index (χ0) is 53.8. The summed E-state index contributed by atoms with van der Waals surface area (Å²) >= 11 is 1.17. The second-order valence-corrected chi connectivity index (χ2v) is 22.7. The molecular weight excluding hydrogens is 951 g/mol. The van der Waals surface area contributed by atoms with Gasteiger partial charge in [-0.1, -0.05) is 226 Å². The first kappa shape index (κ1) is 67.1. The Morgan fingerprint density at radius 3 is 1.46 bits per heavy atom. The number of carbonyl (C=O) groups is 4. The van der Waals surface area contributed by atoms with Gasteiger partial charge in [-0.3, -0.25) is 23.7 Å². The summed E-state index contributed by atoms with van der Waals surface area (Å²) in [6, 6.07) is 0. The molecule has 0 spiro atoms.